The number of anilines is 1. The number of rotatable bonds is 5. The van der Waals surface area contributed by atoms with E-state index in [9.17, 15) is 13.3 Å². The first kappa shape index (κ1) is 15.9. The van der Waals surface area contributed by atoms with Gasteiger partial charge in [0.05, 0.1) is 18.3 Å². The molecule has 0 saturated heterocycles. The number of sulfonamides is 1. The Morgan fingerprint density at radius 1 is 1.12 bits per heavy atom. The lowest BCUT2D eigenvalue weighted by Crippen LogP contribution is -2.13. The summed E-state index contributed by atoms with van der Waals surface area (Å²) in [5.74, 6) is 0.343. The van der Waals surface area contributed by atoms with E-state index >= 15 is 0 Å². The van der Waals surface area contributed by atoms with Gasteiger partial charge in [0, 0.05) is 17.6 Å². The predicted octanol–water partition coefficient (Wildman–Crippen LogP) is 3.44. The highest BCUT2D eigenvalue weighted by atomic mass is 32.2. The van der Waals surface area contributed by atoms with Crippen molar-refractivity contribution in [3.63, 3.8) is 0 Å². The van der Waals surface area contributed by atoms with Gasteiger partial charge in [-0.25, -0.2) is 8.42 Å². The summed E-state index contributed by atoms with van der Waals surface area (Å²) < 4.78 is 32.7. The van der Waals surface area contributed by atoms with Gasteiger partial charge >= 0.3 is 0 Å². The molecular weight excluding hydrogens is 330 g/mol. The van der Waals surface area contributed by atoms with Crippen LogP contribution in [0.4, 0.5) is 11.4 Å². The molecule has 0 radical (unpaired) electrons. The van der Waals surface area contributed by atoms with Gasteiger partial charge in [-0.2, -0.15) is 0 Å². The van der Waals surface area contributed by atoms with Crippen molar-refractivity contribution in [2.24, 2.45) is 5.18 Å². The summed E-state index contributed by atoms with van der Waals surface area (Å²) in [7, 11) is -2.60. The molecule has 0 bridgehead atoms. The molecule has 1 N–H and O–H groups in total. The summed E-state index contributed by atoms with van der Waals surface area (Å²) in [4.78, 5) is 15.0. The molecule has 8 heteroatoms. The molecule has 2 aromatic carbocycles. The van der Waals surface area contributed by atoms with Crippen LogP contribution in [0.5, 0.6) is 5.75 Å². The van der Waals surface area contributed by atoms with E-state index < -0.39 is 10.0 Å². The standard InChI is InChI=1S/C16H13N3O4S/c1-23-12-7-8-15(14(10-12)18-20)24(21,22)19-13-6-2-4-11-5-3-9-17-16(11)13/h2-10,19H,1H3. The predicted molar refractivity (Wildman–Crippen MR) is 91.0 cm³/mol. The van der Waals surface area contributed by atoms with E-state index in [2.05, 4.69) is 14.9 Å². The van der Waals surface area contributed by atoms with Crippen LogP contribution in [0.3, 0.4) is 0 Å². The van der Waals surface area contributed by atoms with E-state index in [1.54, 1.807) is 24.4 Å². The number of fused-ring (bicyclic) bond motifs is 1. The first-order chi connectivity index (χ1) is 11.5. The fourth-order valence-electron chi connectivity index (χ4n) is 2.31. The van der Waals surface area contributed by atoms with E-state index in [0.29, 0.717) is 17.0 Å². The second-order valence-electron chi connectivity index (χ2n) is 4.91. The van der Waals surface area contributed by atoms with Gasteiger partial charge in [0.15, 0.2) is 0 Å². The molecule has 0 aliphatic carbocycles. The number of ether oxygens (including phenoxy) is 1. The van der Waals surface area contributed by atoms with Crippen LogP contribution < -0.4 is 9.46 Å². The summed E-state index contributed by atoms with van der Waals surface area (Å²) in [5, 5.41) is 3.58. The molecule has 0 spiro atoms. The fourth-order valence-corrected chi connectivity index (χ4v) is 3.49. The number of hydrogen-bond donors (Lipinski definition) is 1. The third-order valence-corrected chi connectivity index (χ3v) is 4.84. The molecule has 0 aliphatic rings. The summed E-state index contributed by atoms with van der Waals surface area (Å²) in [6, 6.07) is 12.7. The van der Waals surface area contributed by atoms with Gasteiger partial charge in [-0.1, -0.05) is 18.2 Å². The molecule has 0 amide bonds. The number of methoxy groups -OCH3 is 1. The van der Waals surface area contributed by atoms with Crippen LogP contribution in [-0.2, 0) is 10.0 Å². The topological polar surface area (TPSA) is 97.7 Å². The average molecular weight is 343 g/mol. The summed E-state index contributed by atoms with van der Waals surface area (Å²) in [6.07, 6.45) is 1.58. The monoisotopic (exact) mass is 343 g/mol. The number of nitrogens with one attached hydrogen (secondary N) is 1. The number of para-hydroxylation sites is 1. The van der Waals surface area contributed by atoms with Gasteiger partial charge in [0.1, 0.15) is 16.3 Å². The number of nitrogens with zero attached hydrogens (tertiary/aromatic N) is 2. The first-order valence-electron chi connectivity index (χ1n) is 6.93. The Labute approximate surface area is 138 Å². The maximum Gasteiger partial charge on any atom is 0.264 e. The Kier molecular flexibility index (Phi) is 4.13. The minimum atomic E-state index is -4.01. The van der Waals surface area contributed by atoms with Crippen molar-refractivity contribution < 1.29 is 13.2 Å². The van der Waals surface area contributed by atoms with Crippen molar-refractivity contribution in [3.8, 4) is 5.75 Å². The number of nitroso groups, excluding NO2 is 1. The molecule has 0 atom stereocenters. The van der Waals surface area contributed by atoms with Crippen molar-refractivity contribution in [3.05, 3.63) is 59.6 Å². The number of benzene rings is 2. The third-order valence-electron chi connectivity index (χ3n) is 3.43. The summed E-state index contributed by atoms with van der Waals surface area (Å²) in [5.41, 5.74) is 0.605. The Balaban J connectivity index is 2.07. The lowest BCUT2D eigenvalue weighted by atomic mass is 10.2. The molecule has 0 aliphatic heterocycles. The SMILES string of the molecule is COc1ccc(S(=O)(=O)Nc2cccc3cccnc23)c(N=O)c1. The van der Waals surface area contributed by atoms with E-state index in [4.69, 9.17) is 4.74 Å². The second-order valence-corrected chi connectivity index (χ2v) is 6.56. The van der Waals surface area contributed by atoms with Gasteiger partial charge in [0.2, 0.25) is 0 Å². The maximum atomic E-state index is 12.6. The molecule has 0 unspecified atom stereocenters. The largest absolute Gasteiger partial charge is 0.497 e. The van der Waals surface area contributed by atoms with Crippen LogP contribution in [0, 0.1) is 4.91 Å². The van der Waals surface area contributed by atoms with Gasteiger partial charge in [-0.05, 0) is 29.4 Å². The molecule has 1 aromatic heterocycles. The zero-order valence-corrected chi connectivity index (χ0v) is 13.4. The van der Waals surface area contributed by atoms with Gasteiger partial charge < -0.3 is 4.74 Å². The molecule has 1 heterocycles. The van der Waals surface area contributed by atoms with E-state index in [0.717, 1.165) is 5.39 Å². The fraction of sp³-hybridized carbons (Fsp3) is 0.0625. The molecule has 24 heavy (non-hydrogen) atoms. The van der Waals surface area contributed by atoms with Crippen LogP contribution >= 0.6 is 0 Å². The van der Waals surface area contributed by atoms with Gasteiger partial charge in [0.25, 0.3) is 10.0 Å². The molecule has 122 valence electrons. The smallest absolute Gasteiger partial charge is 0.264 e. The van der Waals surface area contributed by atoms with E-state index in [1.807, 2.05) is 12.1 Å². The quantitative estimate of drug-likeness (QED) is 0.716. The Hall–Kier alpha value is -3.00. The second kappa shape index (κ2) is 6.25. The minimum absolute atomic E-state index is 0.227. The first-order valence-corrected chi connectivity index (χ1v) is 8.41. The zero-order chi connectivity index (χ0) is 17.2. The molecule has 7 nitrogen and oxygen atoms in total. The van der Waals surface area contributed by atoms with Gasteiger partial charge in [-0.3, -0.25) is 9.71 Å². The zero-order valence-electron chi connectivity index (χ0n) is 12.6. The highest BCUT2D eigenvalue weighted by molar-refractivity contribution is 7.93. The Morgan fingerprint density at radius 2 is 1.92 bits per heavy atom. The van der Waals surface area contributed by atoms with Crippen LogP contribution in [-0.4, -0.2) is 20.5 Å². The molecule has 0 saturated carbocycles. The lowest BCUT2D eigenvalue weighted by molar-refractivity contribution is 0.414. The third kappa shape index (κ3) is 2.91. The van der Waals surface area contributed by atoms with Crippen molar-refractivity contribution in [2.75, 3.05) is 11.8 Å². The summed E-state index contributed by atoms with van der Waals surface area (Å²) >= 11 is 0. The molecule has 3 aromatic rings. The van der Waals surface area contributed by atoms with Crippen LogP contribution in [0.2, 0.25) is 0 Å². The average Bonchev–Trinajstić information content (AvgIpc) is 2.61. The summed E-state index contributed by atoms with van der Waals surface area (Å²) in [6.45, 7) is 0. The van der Waals surface area contributed by atoms with E-state index in [-0.39, 0.29) is 10.6 Å². The van der Waals surface area contributed by atoms with Crippen molar-refractivity contribution >= 4 is 32.3 Å². The van der Waals surface area contributed by atoms with Crippen molar-refractivity contribution in [1.29, 1.82) is 0 Å². The van der Waals surface area contributed by atoms with Crippen LogP contribution in [0.1, 0.15) is 0 Å². The lowest BCUT2D eigenvalue weighted by Gasteiger charge is -2.11. The highest BCUT2D eigenvalue weighted by Crippen LogP contribution is 2.31. The number of aromatic nitrogens is 1. The van der Waals surface area contributed by atoms with Crippen molar-refractivity contribution in [2.45, 2.75) is 4.90 Å². The van der Waals surface area contributed by atoms with Crippen LogP contribution in [0.25, 0.3) is 10.9 Å². The minimum Gasteiger partial charge on any atom is -0.497 e. The number of pyridine rings is 1. The van der Waals surface area contributed by atoms with Gasteiger partial charge in [-0.15, -0.1) is 4.91 Å². The molecular formula is C16H13N3O4S. The number of hydrogen-bond acceptors (Lipinski definition) is 6. The van der Waals surface area contributed by atoms with Crippen LogP contribution in [0.15, 0.2) is 64.8 Å². The highest BCUT2D eigenvalue weighted by Gasteiger charge is 2.21. The molecule has 0 fully saturated rings. The Morgan fingerprint density at radius 3 is 2.67 bits per heavy atom. The Bertz CT molecular complexity index is 1010. The maximum absolute atomic E-state index is 12.6. The van der Waals surface area contributed by atoms with E-state index in [1.165, 1.54) is 25.3 Å². The van der Waals surface area contributed by atoms with Crippen molar-refractivity contribution in [1.82, 2.24) is 4.98 Å². The molecule has 3 rings (SSSR count). The normalized spacial score (nSPS) is 11.2.